The maximum absolute atomic E-state index is 11.9. The number of amides is 1. The van der Waals surface area contributed by atoms with Crippen molar-refractivity contribution in [2.75, 3.05) is 18.4 Å². The normalized spacial score (nSPS) is 10.1. The fourth-order valence-corrected chi connectivity index (χ4v) is 2.10. The lowest BCUT2D eigenvalue weighted by Gasteiger charge is -2.19. The Hall–Kier alpha value is -0.350. The van der Waals surface area contributed by atoms with Gasteiger partial charge in [0.15, 0.2) is 0 Å². The smallest absolute Gasteiger partial charge is 0.254 e. The standard InChI is InChI=1S/C10H14BrNOS/c1-2-12(6-3-5-11)10(13)9-4-7-14-8-9/h4,7-8H,2-3,5-6H2,1H3. The molecule has 0 bridgehead atoms. The molecule has 0 fully saturated rings. The number of rotatable bonds is 5. The summed E-state index contributed by atoms with van der Waals surface area (Å²) in [6.07, 6.45) is 1.00. The zero-order chi connectivity index (χ0) is 10.4. The summed E-state index contributed by atoms with van der Waals surface area (Å²) in [6, 6.07) is 1.88. The molecule has 14 heavy (non-hydrogen) atoms. The van der Waals surface area contributed by atoms with Crippen molar-refractivity contribution in [3.8, 4) is 0 Å². The van der Waals surface area contributed by atoms with Crippen LogP contribution in [0.1, 0.15) is 23.7 Å². The van der Waals surface area contributed by atoms with Crippen molar-refractivity contribution in [3.05, 3.63) is 22.4 Å². The summed E-state index contributed by atoms with van der Waals surface area (Å²) >= 11 is 4.93. The Labute approximate surface area is 97.1 Å². The third kappa shape index (κ3) is 3.10. The highest BCUT2D eigenvalue weighted by atomic mass is 79.9. The maximum atomic E-state index is 11.9. The number of thiophene rings is 1. The van der Waals surface area contributed by atoms with Gasteiger partial charge in [-0.3, -0.25) is 4.79 Å². The molecule has 1 rings (SSSR count). The molecule has 1 amide bonds. The Morgan fingerprint density at radius 2 is 2.43 bits per heavy atom. The Kier molecular flexibility index (Phi) is 5.19. The van der Waals surface area contributed by atoms with Gasteiger partial charge in [0.2, 0.25) is 0 Å². The van der Waals surface area contributed by atoms with Gasteiger partial charge in [0.05, 0.1) is 5.56 Å². The molecule has 0 saturated heterocycles. The summed E-state index contributed by atoms with van der Waals surface area (Å²) < 4.78 is 0. The molecule has 1 heterocycles. The Morgan fingerprint density at radius 3 is 2.93 bits per heavy atom. The molecule has 2 nitrogen and oxygen atoms in total. The van der Waals surface area contributed by atoms with Gasteiger partial charge in [-0.1, -0.05) is 15.9 Å². The highest BCUT2D eigenvalue weighted by molar-refractivity contribution is 9.09. The van der Waals surface area contributed by atoms with Crippen LogP contribution in [-0.4, -0.2) is 29.2 Å². The van der Waals surface area contributed by atoms with Gasteiger partial charge in [0.1, 0.15) is 0 Å². The molecule has 0 saturated carbocycles. The molecule has 1 aromatic heterocycles. The van der Waals surface area contributed by atoms with Crippen molar-refractivity contribution >= 4 is 33.2 Å². The van der Waals surface area contributed by atoms with Crippen molar-refractivity contribution in [2.45, 2.75) is 13.3 Å². The van der Waals surface area contributed by atoms with Crippen LogP contribution in [0, 0.1) is 0 Å². The summed E-state index contributed by atoms with van der Waals surface area (Å²) in [5.74, 6) is 0.148. The van der Waals surface area contributed by atoms with Crippen LogP contribution in [0.3, 0.4) is 0 Å². The van der Waals surface area contributed by atoms with Gasteiger partial charge in [0, 0.05) is 23.8 Å². The molecular formula is C10H14BrNOS. The number of carbonyl (C=O) groups excluding carboxylic acids is 1. The summed E-state index contributed by atoms with van der Waals surface area (Å²) in [5.41, 5.74) is 0.812. The van der Waals surface area contributed by atoms with E-state index in [1.165, 1.54) is 0 Å². The van der Waals surface area contributed by atoms with E-state index in [0.29, 0.717) is 0 Å². The Balaban J connectivity index is 2.56. The molecule has 0 atom stereocenters. The van der Waals surface area contributed by atoms with Gasteiger partial charge in [-0.2, -0.15) is 11.3 Å². The van der Waals surface area contributed by atoms with Crippen molar-refractivity contribution in [1.29, 1.82) is 0 Å². The monoisotopic (exact) mass is 275 g/mol. The van der Waals surface area contributed by atoms with Crippen LogP contribution < -0.4 is 0 Å². The van der Waals surface area contributed by atoms with E-state index in [9.17, 15) is 4.79 Å². The average molecular weight is 276 g/mol. The molecule has 0 aliphatic carbocycles. The van der Waals surface area contributed by atoms with Crippen LogP contribution in [0.15, 0.2) is 16.8 Å². The Bertz CT molecular complexity index is 274. The van der Waals surface area contributed by atoms with Crippen molar-refractivity contribution in [2.24, 2.45) is 0 Å². The first-order valence-electron chi connectivity index (χ1n) is 4.67. The first kappa shape index (κ1) is 11.7. The molecule has 0 aliphatic rings. The molecular weight excluding hydrogens is 262 g/mol. The fourth-order valence-electron chi connectivity index (χ4n) is 1.22. The maximum Gasteiger partial charge on any atom is 0.254 e. The van der Waals surface area contributed by atoms with E-state index in [-0.39, 0.29) is 5.91 Å². The van der Waals surface area contributed by atoms with Crippen molar-refractivity contribution in [3.63, 3.8) is 0 Å². The predicted molar refractivity (Wildman–Crippen MR) is 64.3 cm³/mol. The van der Waals surface area contributed by atoms with E-state index < -0.39 is 0 Å². The van der Waals surface area contributed by atoms with E-state index in [2.05, 4.69) is 15.9 Å². The van der Waals surface area contributed by atoms with Crippen LogP contribution in [-0.2, 0) is 0 Å². The second-order valence-electron chi connectivity index (χ2n) is 2.94. The first-order chi connectivity index (χ1) is 6.79. The van der Waals surface area contributed by atoms with E-state index in [1.807, 2.05) is 28.7 Å². The minimum absolute atomic E-state index is 0.148. The second kappa shape index (κ2) is 6.19. The first-order valence-corrected chi connectivity index (χ1v) is 6.73. The highest BCUT2D eigenvalue weighted by Gasteiger charge is 2.13. The Morgan fingerprint density at radius 1 is 1.64 bits per heavy atom. The van der Waals surface area contributed by atoms with Gasteiger partial charge in [-0.25, -0.2) is 0 Å². The number of carbonyl (C=O) groups is 1. The van der Waals surface area contributed by atoms with Crippen LogP contribution in [0.4, 0.5) is 0 Å². The third-order valence-electron chi connectivity index (χ3n) is 2.00. The van der Waals surface area contributed by atoms with Crippen LogP contribution in [0.2, 0.25) is 0 Å². The molecule has 0 N–H and O–H groups in total. The number of hydrogen-bond donors (Lipinski definition) is 0. The van der Waals surface area contributed by atoms with Crippen LogP contribution in [0.5, 0.6) is 0 Å². The molecule has 78 valence electrons. The van der Waals surface area contributed by atoms with Crippen molar-refractivity contribution in [1.82, 2.24) is 4.90 Å². The van der Waals surface area contributed by atoms with Gasteiger partial charge >= 0.3 is 0 Å². The summed E-state index contributed by atoms with van der Waals surface area (Å²) in [7, 11) is 0. The van der Waals surface area contributed by atoms with E-state index in [0.717, 1.165) is 30.4 Å². The fraction of sp³-hybridized carbons (Fsp3) is 0.500. The van der Waals surface area contributed by atoms with Crippen molar-refractivity contribution < 1.29 is 4.79 Å². The molecule has 1 aromatic rings. The third-order valence-corrected chi connectivity index (χ3v) is 3.24. The number of alkyl halides is 1. The molecule has 0 unspecified atom stereocenters. The van der Waals surface area contributed by atoms with E-state index >= 15 is 0 Å². The number of nitrogens with zero attached hydrogens (tertiary/aromatic N) is 1. The van der Waals surface area contributed by atoms with Gasteiger partial charge in [-0.05, 0) is 24.8 Å². The van der Waals surface area contributed by atoms with Crippen LogP contribution >= 0.6 is 27.3 Å². The average Bonchev–Trinajstić information content (AvgIpc) is 2.71. The van der Waals surface area contributed by atoms with E-state index in [1.54, 1.807) is 11.3 Å². The molecule has 4 heteroatoms. The van der Waals surface area contributed by atoms with Gasteiger partial charge in [0.25, 0.3) is 5.91 Å². The van der Waals surface area contributed by atoms with Crippen LogP contribution in [0.25, 0.3) is 0 Å². The molecule has 0 radical (unpaired) electrons. The minimum Gasteiger partial charge on any atom is -0.339 e. The van der Waals surface area contributed by atoms with Gasteiger partial charge in [-0.15, -0.1) is 0 Å². The predicted octanol–water partition coefficient (Wildman–Crippen LogP) is 3.00. The minimum atomic E-state index is 0.148. The number of halogens is 1. The number of hydrogen-bond acceptors (Lipinski definition) is 2. The van der Waals surface area contributed by atoms with Gasteiger partial charge < -0.3 is 4.90 Å². The lowest BCUT2D eigenvalue weighted by atomic mass is 10.3. The summed E-state index contributed by atoms with van der Waals surface area (Å²) in [5, 5.41) is 4.78. The quantitative estimate of drug-likeness (QED) is 0.757. The molecule has 0 aliphatic heterocycles. The lowest BCUT2D eigenvalue weighted by molar-refractivity contribution is 0.0765. The topological polar surface area (TPSA) is 20.3 Å². The molecule has 0 aromatic carbocycles. The van der Waals surface area contributed by atoms with E-state index in [4.69, 9.17) is 0 Å². The largest absolute Gasteiger partial charge is 0.339 e. The molecule has 0 spiro atoms. The lowest BCUT2D eigenvalue weighted by Crippen LogP contribution is -2.31. The SMILES string of the molecule is CCN(CCCBr)C(=O)c1ccsc1. The summed E-state index contributed by atoms with van der Waals surface area (Å²) in [6.45, 7) is 3.62. The summed E-state index contributed by atoms with van der Waals surface area (Å²) in [4.78, 5) is 13.7. The zero-order valence-corrected chi connectivity index (χ0v) is 10.6. The zero-order valence-electron chi connectivity index (χ0n) is 8.20. The second-order valence-corrected chi connectivity index (χ2v) is 4.51. The highest BCUT2D eigenvalue weighted by Crippen LogP contribution is 2.10.